The van der Waals surface area contributed by atoms with E-state index in [0.717, 1.165) is 25.7 Å². The molecule has 2 amide bonds. The maximum atomic E-state index is 11.8. The summed E-state index contributed by atoms with van der Waals surface area (Å²) >= 11 is 0. The zero-order chi connectivity index (χ0) is 12.1. The van der Waals surface area contributed by atoms with Gasteiger partial charge in [-0.05, 0) is 12.8 Å². The van der Waals surface area contributed by atoms with E-state index in [-0.39, 0.29) is 31.1 Å². The van der Waals surface area contributed by atoms with E-state index in [0.29, 0.717) is 0 Å². The molecule has 0 aromatic rings. The van der Waals surface area contributed by atoms with Crippen molar-refractivity contribution in [3.8, 4) is 0 Å². The summed E-state index contributed by atoms with van der Waals surface area (Å²) in [6.07, 6.45) is 9.22. The lowest BCUT2D eigenvalue weighted by atomic mass is 10.0. The molecule has 1 aliphatic heterocycles. The average Bonchev–Trinajstić information content (AvgIpc) is 2.43. The largest absolute Gasteiger partial charge is 0.362 e. The molecule has 96 valence electrons. The highest BCUT2D eigenvalue weighted by Crippen LogP contribution is 2.22. The van der Waals surface area contributed by atoms with Crippen molar-refractivity contribution in [1.29, 1.82) is 0 Å². The number of imide groups is 1. The number of carbonyl (C=O) groups is 2. The van der Waals surface area contributed by atoms with E-state index >= 15 is 0 Å². The molecular formula is C13H21NO3. The Morgan fingerprint density at radius 3 is 1.82 bits per heavy atom. The molecule has 0 unspecified atom stereocenters. The van der Waals surface area contributed by atoms with Crippen molar-refractivity contribution in [2.45, 2.75) is 57.4 Å². The number of amides is 2. The SMILES string of the molecule is O=C1COCC(=O)N1C1CCCCCCCC1. The van der Waals surface area contributed by atoms with Crippen molar-refractivity contribution < 1.29 is 14.3 Å². The number of rotatable bonds is 1. The summed E-state index contributed by atoms with van der Waals surface area (Å²) < 4.78 is 4.95. The van der Waals surface area contributed by atoms with Crippen LogP contribution in [0.15, 0.2) is 0 Å². The van der Waals surface area contributed by atoms with Gasteiger partial charge in [0.2, 0.25) is 0 Å². The van der Waals surface area contributed by atoms with Crippen LogP contribution in [-0.4, -0.2) is 36.0 Å². The van der Waals surface area contributed by atoms with Crippen LogP contribution in [-0.2, 0) is 14.3 Å². The Labute approximate surface area is 102 Å². The van der Waals surface area contributed by atoms with Crippen LogP contribution >= 0.6 is 0 Å². The molecule has 1 aliphatic carbocycles. The molecule has 2 fully saturated rings. The van der Waals surface area contributed by atoms with Crippen LogP contribution in [0.2, 0.25) is 0 Å². The van der Waals surface area contributed by atoms with Crippen molar-refractivity contribution in [2.24, 2.45) is 0 Å². The molecule has 17 heavy (non-hydrogen) atoms. The number of nitrogens with zero attached hydrogens (tertiary/aromatic N) is 1. The lowest BCUT2D eigenvalue weighted by Crippen LogP contribution is -2.51. The molecule has 2 rings (SSSR count). The van der Waals surface area contributed by atoms with Crippen LogP contribution in [0, 0.1) is 0 Å². The molecule has 0 aromatic heterocycles. The zero-order valence-corrected chi connectivity index (χ0v) is 10.3. The Hall–Kier alpha value is -0.900. The minimum absolute atomic E-state index is 0.0717. The van der Waals surface area contributed by atoms with Gasteiger partial charge in [-0.3, -0.25) is 14.5 Å². The molecule has 1 saturated heterocycles. The van der Waals surface area contributed by atoms with Gasteiger partial charge in [-0.1, -0.05) is 38.5 Å². The Bertz CT molecular complexity index is 264. The van der Waals surface area contributed by atoms with Gasteiger partial charge in [-0.15, -0.1) is 0 Å². The molecule has 2 aliphatic rings. The van der Waals surface area contributed by atoms with E-state index in [1.165, 1.54) is 30.6 Å². The van der Waals surface area contributed by atoms with Gasteiger partial charge < -0.3 is 4.74 Å². The summed E-state index contributed by atoms with van der Waals surface area (Å²) in [6, 6.07) is 0.122. The Balaban J connectivity index is 2.00. The highest BCUT2D eigenvalue weighted by molar-refractivity contribution is 5.98. The van der Waals surface area contributed by atoms with Crippen molar-refractivity contribution in [2.75, 3.05) is 13.2 Å². The van der Waals surface area contributed by atoms with Gasteiger partial charge in [0.15, 0.2) is 0 Å². The van der Waals surface area contributed by atoms with Gasteiger partial charge in [0.05, 0.1) is 0 Å². The molecular weight excluding hydrogens is 218 g/mol. The first-order chi connectivity index (χ1) is 8.29. The predicted molar refractivity (Wildman–Crippen MR) is 63.4 cm³/mol. The third-order valence-electron chi connectivity index (χ3n) is 3.68. The standard InChI is InChI=1S/C13H21NO3/c15-12-9-17-10-13(16)14(12)11-7-5-3-1-2-4-6-8-11/h11H,1-10H2. The van der Waals surface area contributed by atoms with Crippen LogP contribution in [0.1, 0.15) is 51.4 Å². The fraction of sp³-hybridized carbons (Fsp3) is 0.846. The van der Waals surface area contributed by atoms with E-state index in [2.05, 4.69) is 0 Å². The molecule has 0 radical (unpaired) electrons. The predicted octanol–water partition coefficient (Wildman–Crippen LogP) is 1.87. The van der Waals surface area contributed by atoms with Gasteiger partial charge in [-0.2, -0.15) is 0 Å². The Kier molecular flexibility index (Phi) is 4.54. The summed E-state index contributed by atoms with van der Waals surface area (Å²) in [5.41, 5.74) is 0. The lowest BCUT2D eigenvalue weighted by Gasteiger charge is -2.32. The topological polar surface area (TPSA) is 46.6 Å². The summed E-state index contributed by atoms with van der Waals surface area (Å²) in [6.45, 7) is 0.143. The maximum Gasteiger partial charge on any atom is 0.255 e. The van der Waals surface area contributed by atoms with Gasteiger partial charge >= 0.3 is 0 Å². The third kappa shape index (κ3) is 3.28. The normalized spacial score (nSPS) is 25.3. The minimum Gasteiger partial charge on any atom is -0.362 e. The molecule has 0 aromatic carbocycles. The highest BCUT2D eigenvalue weighted by atomic mass is 16.5. The first-order valence-corrected chi connectivity index (χ1v) is 6.71. The van der Waals surface area contributed by atoms with E-state index < -0.39 is 0 Å². The van der Waals surface area contributed by atoms with E-state index in [9.17, 15) is 9.59 Å². The second-order valence-electron chi connectivity index (χ2n) is 5.00. The zero-order valence-electron chi connectivity index (χ0n) is 10.3. The second-order valence-corrected chi connectivity index (χ2v) is 5.00. The van der Waals surface area contributed by atoms with Crippen molar-refractivity contribution >= 4 is 11.8 Å². The second kappa shape index (κ2) is 6.15. The summed E-state index contributed by atoms with van der Waals surface area (Å²) in [7, 11) is 0. The van der Waals surface area contributed by atoms with Crippen LogP contribution in [0.3, 0.4) is 0 Å². The number of carbonyl (C=O) groups excluding carboxylic acids is 2. The van der Waals surface area contributed by atoms with Crippen molar-refractivity contribution in [3.63, 3.8) is 0 Å². The van der Waals surface area contributed by atoms with Gasteiger partial charge in [-0.25, -0.2) is 0 Å². The first kappa shape index (κ1) is 12.6. The maximum absolute atomic E-state index is 11.8. The van der Waals surface area contributed by atoms with Crippen LogP contribution in [0.5, 0.6) is 0 Å². The van der Waals surface area contributed by atoms with Gasteiger partial charge in [0.25, 0.3) is 11.8 Å². The fourth-order valence-electron chi connectivity index (χ4n) is 2.78. The molecule has 1 saturated carbocycles. The summed E-state index contributed by atoms with van der Waals surface area (Å²) in [5, 5.41) is 0. The van der Waals surface area contributed by atoms with Crippen molar-refractivity contribution in [3.05, 3.63) is 0 Å². The first-order valence-electron chi connectivity index (χ1n) is 6.71. The Morgan fingerprint density at radius 1 is 0.824 bits per heavy atom. The number of hydrogen-bond donors (Lipinski definition) is 0. The molecule has 4 heteroatoms. The third-order valence-corrected chi connectivity index (χ3v) is 3.68. The average molecular weight is 239 g/mol. The number of hydrogen-bond acceptors (Lipinski definition) is 3. The molecule has 1 heterocycles. The highest BCUT2D eigenvalue weighted by Gasteiger charge is 2.32. The molecule has 0 N–H and O–H groups in total. The smallest absolute Gasteiger partial charge is 0.255 e. The van der Waals surface area contributed by atoms with Crippen LogP contribution < -0.4 is 0 Å². The monoisotopic (exact) mass is 239 g/mol. The van der Waals surface area contributed by atoms with E-state index in [1.807, 2.05) is 0 Å². The molecule has 0 bridgehead atoms. The summed E-state index contributed by atoms with van der Waals surface area (Å²) in [5.74, 6) is -0.295. The quantitative estimate of drug-likeness (QED) is 0.656. The minimum atomic E-state index is -0.148. The van der Waals surface area contributed by atoms with E-state index in [1.54, 1.807) is 0 Å². The summed E-state index contributed by atoms with van der Waals surface area (Å²) in [4.78, 5) is 25.0. The number of ether oxygens (including phenoxy) is 1. The lowest BCUT2D eigenvalue weighted by molar-refractivity contribution is -0.161. The van der Waals surface area contributed by atoms with Crippen molar-refractivity contribution in [1.82, 2.24) is 4.90 Å². The van der Waals surface area contributed by atoms with Crippen LogP contribution in [0.4, 0.5) is 0 Å². The van der Waals surface area contributed by atoms with E-state index in [4.69, 9.17) is 4.74 Å². The van der Waals surface area contributed by atoms with Gasteiger partial charge in [0.1, 0.15) is 13.2 Å². The number of morpholine rings is 1. The Morgan fingerprint density at radius 2 is 1.29 bits per heavy atom. The fourth-order valence-corrected chi connectivity index (χ4v) is 2.78. The molecule has 0 spiro atoms. The van der Waals surface area contributed by atoms with Crippen LogP contribution in [0.25, 0.3) is 0 Å². The van der Waals surface area contributed by atoms with Gasteiger partial charge in [0, 0.05) is 6.04 Å². The molecule has 0 atom stereocenters. The molecule has 4 nitrogen and oxygen atoms in total.